The van der Waals surface area contributed by atoms with E-state index in [4.69, 9.17) is 0 Å². The molecule has 1 aromatic carbocycles. The van der Waals surface area contributed by atoms with E-state index in [0.717, 1.165) is 0 Å². The summed E-state index contributed by atoms with van der Waals surface area (Å²) >= 11 is 8.45. The van der Waals surface area contributed by atoms with Gasteiger partial charge in [0.2, 0.25) is 5.82 Å². The average molecular weight is 435 g/mol. The normalized spacial score (nSPS) is 12.0. The summed E-state index contributed by atoms with van der Waals surface area (Å²) in [5, 5.41) is -0.904. The minimum Gasteiger partial charge on any atom is -0.204 e. The molecule has 0 aliphatic rings. The lowest BCUT2D eigenvalue weighted by molar-refractivity contribution is 0.384. The van der Waals surface area contributed by atoms with E-state index < -0.39 is 38.2 Å². The fraction of sp³-hybridized carbons (Fsp3) is 0. The van der Waals surface area contributed by atoms with Crippen LogP contribution in [0.2, 0.25) is 0 Å². The number of halogens is 8. The SMILES string of the molecule is Fc1c(F)c(F)c([Si](Br)(Br)Br)c(F)c1F. The highest BCUT2D eigenvalue weighted by Crippen LogP contribution is 2.31. The van der Waals surface area contributed by atoms with Crippen LogP contribution >= 0.6 is 45.9 Å². The van der Waals surface area contributed by atoms with Gasteiger partial charge in [-0.15, -0.1) is 0 Å². The van der Waals surface area contributed by atoms with Crippen molar-refractivity contribution in [3.05, 3.63) is 29.1 Å². The van der Waals surface area contributed by atoms with E-state index in [2.05, 4.69) is 45.9 Å². The molecule has 0 aliphatic carbocycles. The van der Waals surface area contributed by atoms with Crippen LogP contribution in [0.25, 0.3) is 0 Å². The molecule has 0 spiro atoms. The molecular weight excluding hydrogens is 435 g/mol. The zero-order valence-corrected chi connectivity index (χ0v) is 12.3. The molecule has 0 unspecified atom stereocenters. The zero-order chi connectivity index (χ0) is 12.0. The first-order valence-electron chi connectivity index (χ1n) is 3.26. The Kier molecular flexibility index (Phi) is 4.00. The molecule has 0 atom stereocenters. The van der Waals surface area contributed by atoms with Crippen molar-refractivity contribution in [1.29, 1.82) is 0 Å². The van der Waals surface area contributed by atoms with Crippen LogP contribution in [-0.4, -0.2) is 3.93 Å². The highest BCUT2D eigenvalue weighted by atomic mass is 80.0. The minimum absolute atomic E-state index is 0.904. The summed E-state index contributed by atoms with van der Waals surface area (Å²) in [5.74, 6) is -9.77. The maximum atomic E-state index is 13.1. The smallest absolute Gasteiger partial charge is 0.204 e. The molecule has 0 heterocycles. The Morgan fingerprint density at radius 2 is 0.867 bits per heavy atom. The summed E-state index contributed by atoms with van der Waals surface area (Å²) in [6.45, 7) is 0. The second-order valence-corrected chi connectivity index (χ2v) is 24.2. The Bertz CT molecular complexity index is 387. The van der Waals surface area contributed by atoms with Crippen LogP contribution in [0.15, 0.2) is 0 Å². The van der Waals surface area contributed by atoms with Gasteiger partial charge >= 0.3 is 3.93 Å². The van der Waals surface area contributed by atoms with Crippen LogP contribution in [0.3, 0.4) is 0 Å². The van der Waals surface area contributed by atoms with Gasteiger partial charge in [-0.25, -0.2) is 22.0 Å². The number of rotatable bonds is 1. The lowest BCUT2D eigenvalue weighted by Gasteiger charge is -2.13. The number of hydrogen-bond donors (Lipinski definition) is 0. The van der Waals surface area contributed by atoms with Gasteiger partial charge < -0.3 is 0 Å². The van der Waals surface area contributed by atoms with Crippen LogP contribution in [-0.2, 0) is 0 Å². The van der Waals surface area contributed by atoms with Crippen molar-refractivity contribution in [1.82, 2.24) is 0 Å². The Labute approximate surface area is 106 Å². The second kappa shape index (κ2) is 4.42. The van der Waals surface area contributed by atoms with Crippen LogP contribution in [0, 0.1) is 29.1 Å². The van der Waals surface area contributed by atoms with Crippen LogP contribution in [0.1, 0.15) is 0 Å². The highest BCUT2D eigenvalue weighted by molar-refractivity contribution is 9.72. The van der Waals surface area contributed by atoms with E-state index in [9.17, 15) is 22.0 Å². The third-order valence-electron chi connectivity index (χ3n) is 1.49. The molecule has 15 heavy (non-hydrogen) atoms. The Morgan fingerprint density at radius 3 is 1.13 bits per heavy atom. The summed E-state index contributed by atoms with van der Waals surface area (Å²) in [7, 11) is 0. The van der Waals surface area contributed by atoms with E-state index in [1.807, 2.05) is 0 Å². The topological polar surface area (TPSA) is 0 Å². The van der Waals surface area contributed by atoms with E-state index in [1.54, 1.807) is 0 Å². The second-order valence-electron chi connectivity index (χ2n) is 2.44. The van der Waals surface area contributed by atoms with E-state index in [1.165, 1.54) is 0 Å². The quantitative estimate of drug-likeness (QED) is 0.208. The van der Waals surface area contributed by atoms with Gasteiger partial charge in [0.25, 0.3) is 0 Å². The molecule has 0 nitrogen and oxygen atoms in total. The van der Waals surface area contributed by atoms with Gasteiger partial charge in [-0.2, -0.15) is 0 Å². The van der Waals surface area contributed by atoms with Gasteiger partial charge in [0, 0.05) is 0 Å². The third-order valence-corrected chi connectivity index (χ3v) is 6.07. The number of hydrogen-bond acceptors (Lipinski definition) is 0. The lowest BCUT2D eigenvalue weighted by atomic mass is 10.3. The largest absolute Gasteiger partial charge is 0.303 e. The zero-order valence-electron chi connectivity index (χ0n) is 6.52. The maximum Gasteiger partial charge on any atom is 0.303 e. The molecule has 0 saturated carbocycles. The minimum atomic E-state index is -3.17. The molecule has 0 radical (unpaired) electrons. The van der Waals surface area contributed by atoms with E-state index in [0.29, 0.717) is 0 Å². The first-order chi connectivity index (χ1) is 6.68. The average Bonchev–Trinajstić information content (AvgIpc) is 2.09. The molecule has 0 saturated heterocycles. The van der Waals surface area contributed by atoms with E-state index >= 15 is 0 Å². The van der Waals surface area contributed by atoms with Crippen LogP contribution in [0.5, 0.6) is 0 Å². The summed E-state index contributed by atoms with van der Waals surface area (Å²) in [6, 6.07) is 0. The van der Waals surface area contributed by atoms with Gasteiger partial charge in [-0.1, -0.05) is 45.9 Å². The molecule has 0 fully saturated rings. The van der Waals surface area contributed by atoms with Crippen molar-refractivity contribution in [3.63, 3.8) is 0 Å². The Hall–Kier alpha value is 0.527. The van der Waals surface area contributed by atoms with Gasteiger partial charge in [0.15, 0.2) is 23.3 Å². The summed E-state index contributed by atoms with van der Waals surface area (Å²) in [4.78, 5) is 0. The van der Waals surface area contributed by atoms with Gasteiger partial charge in [0.1, 0.15) is 0 Å². The van der Waals surface area contributed by atoms with Gasteiger partial charge in [-0.3, -0.25) is 0 Å². The van der Waals surface area contributed by atoms with Crippen LogP contribution < -0.4 is 5.19 Å². The molecular formula is C6Br3F5Si. The fourth-order valence-corrected chi connectivity index (χ4v) is 4.70. The predicted molar refractivity (Wildman–Crippen MR) is 58.4 cm³/mol. The Balaban J connectivity index is 3.68. The molecule has 1 rings (SSSR count). The molecule has 0 amide bonds. The van der Waals surface area contributed by atoms with Crippen molar-refractivity contribution in [2.75, 3.05) is 0 Å². The third kappa shape index (κ3) is 2.45. The molecule has 0 aliphatic heterocycles. The molecule has 0 bridgehead atoms. The summed E-state index contributed by atoms with van der Waals surface area (Å²) in [5.41, 5.74) is 0. The molecule has 0 aromatic heterocycles. The first kappa shape index (κ1) is 13.6. The Morgan fingerprint density at radius 1 is 0.600 bits per heavy atom. The summed E-state index contributed by atoms with van der Waals surface area (Å²) < 4.78 is 61.2. The van der Waals surface area contributed by atoms with Crippen molar-refractivity contribution in [3.8, 4) is 0 Å². The fourth-order valence-electron chi connectivity index (χ4n) is 0.854. The molecule has 0 N–H and O–H groups in total. The van der Waals surface area contributed by atoms with Crippen molar-refractivity contribution in [2.45, 2.75) is 0 Å². The van der Waals surface area contributed by atoms with Crippen LogP contribution in [0.4, 0.5) is 22.0 Å². The van der Waals surface area contributed by atoms with Crippen molar-refractivity contribution < 1.29 is 22.0 Å². The summed E-state index contributed by atoms with van der Waals surface area (Å²) in [6.07, 6.45) is 0. The van der Waals surface area contributed by atoms with Gasteiger partial charge in [0.05, 0.1) is 5.19 Å². The van der Waals surface area contributed by atoms with E-state index in [-0.39, 0.29) is 0 Å². The van der Waals surface area contributed by atoms with Crippen molar-refractivity contribution >= 4 is 55.0 Å². The lowest BCUT2D eigenvalue weighted by Crippen LogP contribution is -2.37. The molecule has 84 valence electrons. The first-order valence-corrected chi connectivity index (χ1v) is 12.0. The molecule has 9 heteroatoms. The predicted octanol–water partition coefficient (Wildman–Crippen LogP) is 3.71. The molecule has 1 aromatic rings. The monoisotopic (exact) mass is 432 g/mol. The number of benzene rings is 1. The standard InChI is InChI=1S/C6Br3F5Si/c7-15(8,9)6-4(13)2(11)1(10)3(12)5(6)14. The maximum absolute atomic E-state index is 13.1. The van der Waals surface area contributed by atoms with Crippen molar-refractivity contribution in [2.24, 2.45) is 0 Å². The highest BCUT2D eigenvalue weighted by Gasteiger charge is 2.38. The van der Waals surface area contributed by atoms with Gasteiger partial charge in [-0.05, 0) is 0 Å².